The Bertz CT molecular complexity index is 1120. The molecule has 3 aromatic carbocycles. The van der Waals surface area contributed by atoms with Gasteiger partial charge in [0.05, 0.1) is 13.2 Å². The largest absolute Gasteiger partial charge is 0.493 e. The maximum absolute atomic E-state index is 9.11. The van der Waals surface area contributed by atoms with Crippen LogP contribution in [-0.4, -0.2) is 24.9 Å². The summed E-state index contributed by atoms with van der Waals surface area (Å²) < 4.78 is 6.33. The smallest absolute Gasteiger partial charge is 0.125 e. The van der Waals surface area contributed by atoms with Gasteiger partial charge in [0.1, 0.15) is 5.75 Å². The second-order valence-corrected chi connectivity index (χ2v) is 9.13. The molecule has 0 aromatic heterocycles. The van der Waals surface area contributed by atoms with Crippen LogP contribution in [0.5, 0.6) is 5.75 Å². The highest BCUT2D eigenvalue weighted by atomic mass is 16.5. The number of hydrogen-bond donors (Lipinski definition) is 2. The first-order chi connectivity index (χ1) is 16.7. The van der Waals surface area contributed by atoms with Gasteiger partial charge in [-0.25, -0.2) is 0 Å². The average Bonchev–Trinajstić information content (AvgIpc) is 2.89. The van der Waals surface area contributed by atoms with Crippen LogP contribution in [-0.2, 0) is 6.54 Å². The van der Waals surface area contributed by atoms with Crippen molar-refractivity contribution in [1.29, 1.82) is 0 Å². The summed E-state index contributed by atoms with van der Waals surface area (Å²) in [4.78, 5) is 0. The van der Waals surface area contributed by atoms with E-state index in [9.17, 15) is 0 Å². The first-order valence-electron chi connectivity index (χ1n) is 12.5. The normalized spacial score (nSPS) is 13.8. The van der Waals surface area contributed by atoms with Crippen molar-refractivity contribution in [3.63, 3.8) is 0 Å². The third-order valence-corrected chi connectivity index (χ3v) is 6.63. The van der Waals surface area contributed by atoms with Gasteiger partial charge in [-0.15, -0.1) is 0 Å². The molecule has 2 N–H and O–H groups in total. The number of nitrogens with one attached hydrogen (secondary N) is 1. The number of hydrogen-bond acceptors (Lipinski definition) is 3. The quantitative estimate of drug-likeness (QED) is 0.320. The minimum Gasteiger partial charge on any atom is -0.493 e. The number of aliphatic hydroxyl groups excluding tert-OH is 1. The molecule has 0 spiro atoms. The van der Waals surface area contributed by atoms with Gasteiger partial charge in [0.15, 0.2) is 0 Å². The maximum atomic E-state index is 9.11. The lowest BCUT2D eigenvalue weighted by molar-refractivity contribution is 0.207. The molecule has 4 rings (SSSR count). The Labute approximate surface area is 204 Å². The Hall–Kier alpha value is -3.06. The van der Waals surface area contributed by atoms with Gasteiger partial charge in [-0.05, 0) is 60.6 Å². The minimum absolute atomic E-state index is 0.128. The molecule has 0 amide bonds. The van der Waals surface area contributed by atoms with Crippen LogP contribution in [0.25, 0.3) is 11.1 Å². The van der Waals surface area contributed by atoms with Crippen LogP contribution in [0.4, 0.5) is 0 Å². The highest BCUT2D eigenvalue weighted by molar-refractivity contribution is 5.70. The van der Waals surface area contributed by atoms with E-state index in [0.29, 0.717) is 19.0 Å². The van der Waals surface area contributed by atoms with Gasteiger partial charge in [0.25, 0.3) is 0 Å². The zero-order valence-electron chi connectivity index (χ0n) is 20.1. The summed E-state index contributed by atoms with van der Waals surface area (Å²) in [5.74, 6) is 8.30. The summed E-state index contributed by atoms with van der Waals surface area (Å²) in [5, 5.41) is 12.4. The Kier molecular flexibility index (Phi) is 8.79. The lowest BCUT2D eigenvalue weighted by Crippen LogP contribution is -2.19. The first-order valence-corrected chi connectivity index (χ1v) is 12.5. The summed E-state index contributed by atoms with van der Waals surface area (Å²) in [5.41, 5.74) is 6.72. The van der Waals surface area contributed by atoms with Gasteiger partial charge in [-0.3, -0.25) is 0 Å². The molecule has 0 radical (unpaired) electrons. The summed E-state index contributed by atoms with van der Waals surface area (Å²) in [6.45, 7) is 4.28. The van der Waals surface area contributed by atoms with E-state index in [1.807, 2.05) is 6.07 Å². The monoisotopic (exact) mass is 453 g/mol. The molecule has 0 unspecified atom stereocenters. The first kappa shape index (κ1) is 24.1. The highest BCUT2D eigenvalue weighted by Crippen LogP contribution is 2.27. The second kappa shape index (κ2) is 12.4. The Morgan fingerprint density at radius 2 is 1.76 bits per heavy atom. The molecule has 0 aliphatic heterocycles. The van der Waals surface area contributed by atoms with Crippen molar-refractivity contribution < 1.29 is 9.84 Å². The van der Waals surface area contributed by atoms with Crippen molar-refractivity contribution in [2.24, 2.45) is 5.92 Å². The van der Waals surface area contributed by atoms with Crippen LogP contribution in [0.3, 0.4) is 0 Å². The lowest BCUT2D eigenvalue weighted by atomic mass is 9.90. The van der Waals surface area contributed by atoms with Gasteiger partial charge in [-0.1, -0.05) is 79.6 Å². The molecule has 1 fully saturated rings. The zero-order valence-corrected chi connectivity index (χ0v) is 20.1. The van der Waals surface area contributed by atoms with Gasteiger partial charge < -0.3 is 15.2 Å². The molecule has 0 saturated heterocycles. The van der Waals surface area contributed by atoms with Crippen LogP contribution in [0.15, 0.2) is 66.7 Å². The predicted molar refractivity (Wildman–Crippen MR) is 140 cm³/mol. The summed E-state index contributed by atoms with van der Waals surface area (Å²) in [7, 11) is 0. The minimum atomic E-state index is 0.128. The molecular weight excluding hydrogens is 418 g/mol. The molecule has 3 heteroatoms. The maximum Gasteiger partial charge on any atom is 0.125 e. The Morgan fingerprint density at radius 3 is 2.56 bits per heavy atom. The molecule has 3 aromatic rings. The third kappa shape index (κ3) is 6.50. The molecule has 176 valence electrons. The number of benzene rings is 3. The van der Waals surface area contributed by atoms with Crippen molar-refractivity contribution in [3.8, 4) is 28.7 Å². The molecule has 0 heterocycles. The van der Waals surface area contributed by atoms with Gasteiger partial charge in [0.2, 0.25) is 0 Å². The third-order valence-electron chi connectivity index (χ3n) is 6.63. The topological polar surface area (TPSA) is 41.5 Å². The van der Waals surface area contributed by atoms with Gasteiger partial charge in [-0.2, -0.15) is 0 Å². The van der Waals surface area contributed by atoms with Crippen molar-refractivity contribution in [2.75, 3.05) is 19.8 Å². The van der Waals surface area contributed by atoms with E-state index in [4.69, 9.17) is 9.84 Å². The molecule has 1 aliphatic rings. The van der Waals surface area contributed by atoms with E-state index in [1.165, 1.54) is 48.8 Å². The standard InChI is InChI=1S/C31H35NO2/c1-24-27(13-8-14-30(24)28-11-6-3-7-12-28)17-15-25-16-18-29(22-32-19-20-33)31(21-25)34-23-26-9-4-2-5-10-26/h3,6-8,11-14,16,18,21,26,32-33H,2,4-5,9-10,19-20,22-23H2,1H3. The van der Waals surface area contributed by atoms with Crippen LogP contribution in [0.1, 0.15) is 54.4 Å². The van der Waals surface area contributed by atoms with E-state index < -0.39 is 0 Å². The van der Waals surface area contributed by atoms with Crippen LogP contribution >= 0.6 is 0 Å². The predicted octanol–water partition coefficient (Wildman–Crippen LogP) is 6.10. The van der Waals surface area contributed by atoms with E-state index in [-0.39, 0.29) is 6.61 Å². The van der Waals surface area contributed by atoms with Crippen LogP contribution in [0, 0.1) is 24.7 Å². The fourth-order valence-corrected chi connectivity index (χ4v) is 4.62. The van der Waals surface area contributed by atoms with E-state index in [1.54, 1.807) is 0 Å². The molecule has 0 atom stereocenters. The van der Waals surface area contributed by atoms with E-state index in [2.05, 4.69) is 84.7 Å². The fourth-order valence-electron chi connectivity index (χ4n) is 4.62. The average molecular weight is 454 g/mol. The molecule has 1 aliphatic carbocycles. The highest BCUT2D eigenvalue weighted by Gasteiger charge is 2.15. The molecule has 0 bridgehead atoms. The van der Waals surface area contributed by atoms with Crippen LogP contribution in [0.2, 0.25) is 0 Å². The van der Waals surface area contributed by atoms with Crippen molar-refractivity contribution in [1.82, 2.24) is 5.32 Å². The number of ether oxygens (including phenoxy) is 1. The second-order valence-electron chi connectivity index (χ2n) is 9.13. The number of rotatable bonds is 8. The summed E-state index contributed by atoms with van der Waals surface area (Å²) in [6, 6.07) is 23.0. The SMILES string of the molecule is Cc1c(C#Cc2ccc(CNCCO)c(OCC3CCCCC3)c2)cccc1-c1ccccc1. The van der Waals surface area contributed by atoms with E-state index >= 15 is 0 Å². The summed E-state index contributed by atoms with van der Waals surface area (Å²) >= 11 is 0. The van der Waals surface area contributed by atoms with E-state index in [0.717, 1.165) is 29.0 Å². The van der Waals surface area contributed by atoms with Crippen molar-refractivity contribution >= 4 is 0 Å². The van der Waals surface area contributed by atoms with Crippen molar-refractivity contribution in [2.45, 2.75) is 45.6 Å². The van der Waals surface area contributed by atoms with Crippen molar-refractivity contribution in [3.05, 3.63) is 89.0 Å². The summed E-state index contributed by atoms with van der Waals surface area (Å²) in [6.07, 6.45) is 6.49. The molecule has 1 saturated carbocycles. The van der Waals surface area contributed by atoms with Gasteiger partial charge in [0, 0.05) is 29.8 Å². The lowest BCUT2D eigenvalue weighted by Gasteiger charge is -2.22. The number of aliphatic hydroxyl groups is 1. The van der Waals surface area contributed by atoms with Gasteiger partial charge >= 0.3 is 0 Å². The molecule has 34 heavy (non-hydrogen) atoms. The fraction of sp³-hybridized carbons (Fsp3) is 0.355. The molecular formula is C31H35NO2. The molecule has 3 nitrogen and oxygen atoms in total. The Morgan fingerprint density at radius 1 is 0.941 bits per heavy atom. The van der Waals surface area contributed by atoms with Crippen LogP contribution < -0.4 is 10.1 Å². The Balaban J connectivity index is 1.55. The zero-order chi connectivity index (χ0) is 23.6.